The van der Waals surface area contributed by atoms with E-state index in [1.54, 1.807) is 0 Å². The quantitative estimate of drug-likeness (QED) is 0.775. The van der Waals surface area contributed by atoms with E-state index in [1.165, 1.54) is 0 Å². The summed E-state index contributed by atoms with van der Waals surface area (Å²) in [5.74, 6) is 0. The van der Waals surface area contributed by atoms with Crippen LogP contribution in [-0.4, -0.2) is 36.2 Å². The zero-order valence-electron chi connectivity index (χ0n) is 11.0. The maximum absolute atomic E-state index is 9.01. The van der Waals surface area contributed by atoms with Gasteiger partial charge in [-0.3, -0.25) is 0 Å². The molecule has 0 aromatic heterocycles. The molecule has 3 nitrogen and oxygen atoms in total. The Morgan fingerprint density at radius 2 is 2.00 bits per heavy atom. The molecule has 1 aromatic carbocycles. The minimum Gasteiger partial charge on any atom is -0.395 e. The molecule has 0 fully saturated rings. The molecule has 0 radical (unpaired) electrons. The molecule has 0 aliphatic heterocycles. The lowest BCUT2D eigenvalue weighted by Gasteiger charge is -2.23. The van der Waals surface area contributed by atoms with Crippen LogP contribution >= 0.6 is 15.9 Å². The minimum atomic E-state index is 0.0404. The second kappa shape index (κ2) is 8.64. The Morgan fingerprint density at radius 3 is 2.61 bits per heavy atom. The second-order valence-corrected chi connectivity index (χ2v) is 5.34. The van der Waals surface area contributed by atoms with Crippen molar-refractivity contribution in [2.45, 2.75) is 25.8 Å². The van der Waals surface area contributed by atoms with Gasteiger partial charge in [-0.1, -0.05) is 41.1 Å². The zero-order chi connectivity index (χ0) is 13.4. The van der Waals surface area contributed by atoms with Crippen molar-refractivity contribution in [3.05, 3.63) is 34.3 Å². The van der Waals surface area contributed by atoms with Crippen LogP contribution in [-0.2, 0) is 0 Å². The lowest BCUT2D eigenvalue weighted by atomic mass is 10.0. The summed E-state index contributed by atoms with van der Waals surface area (Å²) in [6.45, 7) is 5.04. The van der Waals surface area contributed by atoms with Crippen molar-refractivity contribution in [3.63, 3.8) is 0 Å². The molecular formula is C14H23BrN2O. The maximum atomic E-state index is 9.01. The third-order valence-corrected chi connectivity index (χ3v) is 3.74. The summed E-state index contributed by atoms with van der Waals surface area (Å²) < 4.78 is 1.07. The van der Waals surface area contributed by atoms with E-state index in [9.17, 15) is 0 Å². The van der Waals surface area contributed by atoms with Gasteiger partial charge < -0.3 is 15.7 Å². The molecule has 0 bridgehead atoms. The third kappa shape index (κ3) is 5.06. The molecule has 0 heterocycles. The average molecular weight is 315 g/mol. The van der Waals surface area contributed by atoms with Crippen LogP contribution in [0.5, 0.6) is 0 Å². The van der Waals surface area contributed by atoms with E-state index in [-0.39, 0.29) is 12.6 Å². The van der Waals surface area contributed by atoms with Crippen molar-refractivity contribution in [2.75, 3.05) is 26.2 Å². The Balaban J connectivity index is 2.49. The highest BCUT2D eigenvalue weighted by Crippen LogP contribution is 2.23. The van der Waals surface area contributed by atoms with Crippen molar-refractivity contribution >= 4 is 15.9 Å². The minimum absolute atomic E-state index is 0.0404. The van der Waals surface area contributed by atoms with Gasteiger partial charge in [0, 0.05) is 23.6 Å². The standard InChI is InChI=1S/C14H23BrN2O/c1-2-8-17(10-11-18)9-7-14(16)12-5-3-4-6-13(12)15/h3-6,14,18H,2,7-11,16H2,1H3. The Kier molecular flexibility index (Phi) is 7.51. The molecular weight excluding hydrogens is 292 g/mol. The van der Waals surface area contributed by atoms with Crippen LogP contribution in [0, 0.1) is 0 Å². The summed E-state index contributed by atoms with van der Waals surface area (Å²) in [5.41, 5.74) is 7.37. The number of aliphatic hydroxyl groups is 1. The van der Waals surface area contributed by atoms with Crippen molar-refractivity contribution in [1.29, 1.82) is 0 Å². The predicted molar refractivity (Wildman–Crippen MR) is 79.5 cm³/mol. The maximum Gasteiger partial charge on any atom is 0.0558 e. The summed E-state index contributed by atoms with van der Waals surface area (Å²) in [6.07, 6.45) is 2.01. The van der Waals surface area contributed by atoms with Gasteiger partial charge >= 0.3 is 0 Å². The van der Waals surface area contributed by atoms with Gasteiger partial charge in [-0.15, -0.1) is 0 Å². The lowest BCUT2D eigenvalue weighted by Crippen LogP contribution is -2.30. The highest BCUT2D eigenvalue weighted by atomic mass is 79.9. The number of halogens is 1. The fourth-order valence-electron chi connectivity index (χ4n) is 2.05. The number of benzene rings is 1. The second-order valence-electron chi connectivity index (χ2n) is 4.48. The number of hydrogen-bond donors (Lipinski definition) is 2. The lowest BCUT2D eigenvalue weighted by molar-refractivity contribution is 0.191. The average Bonchev–Trinajstić information content (AvgIpc) is 2.36. The van der Waals surface area contributed by atoms with Gasteiger partial charge in [-0.05, 0) is 31.0 Å². The van der Waals surface area contributed by atoms with Gasteiger partial charge in [-0.25, -0.2) is 0 Å². The molecule has 0 saturated heterocycles. The van der Waals surface area contributed by atoms with E-state index in [0.717, 1.165) is 42.5 Å². The number of nitrogens with two attached hydrogens (primary N) is 1. The fraction of sp³-hybridized carbons (Fsp3) is 0.571. The SMILES string of the molecule is CCCN(CCO)CCC(N)c1ccccc1Br. The third-order valence-electron chi connectivity index (χ3n) is 3.02. The van der Waals surface area contributed by atoms with Crippen LogP contribution in [0.25, 0.3) is 0 Å². The normalized spacial score (nSPS) is 12.9. The number of hydrogen-bond acceptors (Lipinski definition) is 3. The Hall–Kier alpha value is -0.420. The molecule has 0 spiro atoms. The molecule has 0 aliphatic rings. The van der Waals surface area contributed by atoms with Crippen LogP contribution in [0.4, 0.5) is 0 Å². The van der Waals surface area contributed by atoms with Gasteiger partial charge in [0.25, 0.3) is 0 Å². The molecule has 1 rings (SSSR count). The monoisotopic (exact) mass is 314 g/mol. The van der Waals surface area contributed by atoms with Gasteiger partial charge in [0.15, 0.2) is 0 Å². The molecule has 3 N–H and O–H groups in total. The van der Waals surface area contributed by atoms with Crippen LogP contribution in [0.2, 0.25) is 0 Å². The molecule has 4 heteroatoms. The Morgan fingerprint density at radius 1 is 1.28 bits per heavy atom. The van der Waals surface area contributed by atoms with E-state index >= 15 is 0 Å². The van der Waals surface area contributed by atoms with E-state index < -0.39 is 0 Å². The van der Waals surface area contributed by atoms with Crippen LogP contribution in [0.1, 0.15) is 31.4 Å². The molecule has 0 saturated carbocycles. The molecule has 1 unspecified atom stereocenters. The fourth-order valence-corrected chi connectivity index (χ4v) is 2.62. The Labute approximate surface area is 118 Å². The molecule has 102 valence electrons. The summed E-state index contributed by atoms with van der Waals surface area (Å²) in [5, 5.41) is 9.01. The summed E-state index contributed by atoms with van der Waals surface area (Å²) in [6, 6.07) is 8.13. The molecule has 18 heavy (non-hydrogen) atoms. The van der Waals surface area contributed by atoms with Crippen LogP contribution in [0.3, 0.4) is 0 Å². The smallest absolute Gasteiger partial charge is 0.0558 e. The number of aliphatic hydroxyl groups excluding tert-OH is 1. The predicted octanol–water partition coefficient (Wildman–Crippen LogP) is 2.54. The first-order valence-corrected chi connectivity index (χ1v) is 7.31. The first kappa shape index (κ1) is 15.6. The number of rotatable bonds is 8. The number of nitrogens with zero attached hydrogens (tertiary/aromatic N) is 1. The molecule has 0 amide bonds. The van der Waals surface area contributed by atoms with Crippen molar-refractivity contribution in [1.82, 2.24) is 4.90 Å². The molecule has 1 atom stereocenters. The summed E-state index contributed by atoms with van der Waals surface area (Å²) in [4.78, 5) is 2.26. The zero-order valence-corrected chi connectivity index (χ0v) is 12.6. The highest BCUT2D eigenvalue weighted by molar-refractivity contribution is 9.10. The first-order chi connectivity index (χ1) is 8.69. The van der Waals surface area contributed by atoms with Crippen molar-refractivity contribution in [3.8, 4) is 0 Å². The van der Waals surface area contributed by atoms with Gasteiger partial charge in [0.2, 0.25) is 0 Å². The Bertz CT molecular complexity index is 340. The highest BCUT2D eigenvalue weighted by Gasteiger charge is 2.11. The van der Waals surface area contributed by atoms with Crippen LogP contribution in [0.15, 0.2) is 28.7 Å². The molecule has 1 aromatic rings. The van der Waals surface area contributed by atoms with Gasteiger partial charge in [0.1, 0.15) is 0 Å². The summed E-state index contributed by atoms with van der Waals surface area (Å²) in [7, 11) is 0. The van der Waals surface area contributed by atoms with Crippen LogP contribution < -0.4 is 5.73 Å². The van der Waals surface area contributed by atoms with Gasteiger partial charge in [-0.2, -0.15) is 0 Å². The molecule has 0 aliphatic carbocycles. The van der Waals surface area contributed by atoms with E-state index in [1.807, 2.05) is 18.2 Å². The van der Waals surface area contributed by atoms with Gasteiger partial charge in [0.05, 0.1) is 6.61 Å². The first-order valence-electron chi connectivity index (χ1n) is 6.52. The van der Waals surface area contributed by atoms with E-state index in [2.05, 4.69) is 33.8 Å². The van der Waals surface area contributed by atoms with E-state index in [0.29, 0.717) is 0 Å². The van der Waals surface area contributed by atoms with E-state index in [4.69, 9.17) is 10.8 Å². The largest absolute Gasteiger partial charge is 0.395 e. The summed E-state index contributed by atoms with van der Waals surface area (Å²) >= 11 is 3.53. The topological polar surface area (TPSA) is 49.5 Å². The van der Waals surface area contributed by atoms with Crippen molar-refractivity contribution in [2.24, 2.45) is 5.73 Å². The van der Waals surface area contributed by atoms with Crippen molar-refractivity contribution < 1.29 is 5.11 Å².